The number of ketones is 1. The highest BCUT2D eigenvalue weighted by molar-refractivity contribution is 7.92. The molecule has 150 valence electrons. The van der Waals surface area contributed by atoms with Crippen molar-refractivity contribution in [2.75, 3.05) is 10.0 Å². The molecule has 2 N–H and O–H groups in total. The Balaban J connectivity index is 1.92. The molecule has 3 aromatic rings. The SMILES string of the molecule is Cc1ccc(NS(=O)(=O)c2ccc(NC(C)C)cc2)c(C(=O)c2ccccc2)c1. The first-order valence-electron chi connectivity index (χ1n) is 9.36. The number of aryl methyl sites for hydroxylation is 1. The molecule has 0 fully saturated rings. The highest BCUT2D eigenvalue weighted by atomic mass is 32.2. The molecule has 0 atom stereocenters. The maximum Gasteiger partial charge on any atom is 0.261 e. The maximum atomic E-state index is 12.9. The summed E-state index contributed by atoms with van der Waals surface area (Å²) < 4.78 is 28.3. The van der Waals surface area contributed by atoms with Crippen LogP contribution in [0.25, 0.3) is 0 Å². The van der Waals surface area contributed by atoms with Crippen molar-refractivity contribution >= 4 is 27.2 Å². The van der Waals surface area contributed by atoms with Crippen LogP contribution in [0.3, 0.4) is 0 Å². The number of anilines is 2. The molecule has 0 amide bonds. The predicted molar refractivity (Wildman–Crippen MR) is 117 cm³/mol. The summed E-state index contributed by atoms with van der Waals surface area (Å²) in [5, 5.41) is 3.22. The van der Waals surface area contributed by atoms with Crippen LogP contribution < -0.4 is 10.0 Å². The van der Waals surface area contributed by atoms with E-state index in [-0.39, 0.29) is 22.4 Å². The van der Waals surface area contributed by atoms with Crippen LogP contribution in [0.5, 0.6) is 0 Å². The quantitative estimate of drug-likeness (QED) is 0.548. The van der Waals surface area contributed by atoms with E-state index >= 15 is 0 Å². The molecule has 3 rings (SSSR count). The first-order chi connectivity index (χ1) is 13.8. The summed E-state index contributed by atoms with van der Waals surface area (Å²) in [6.07, 6.45) is 0. The maximum absolute atomic E-state index is 12.9. The molecular weight excluding hydrogens is 384 g/mol. The molecule has 0 aromatic heterocycles. The molecule has 0 aliphatic heterocycles. The fourth-order valence-electron chi connectivity index (χ4n) is 2.95. The van der Waals surface area contributed by atoms with Crippen molar-refractivity contribution in [3.8, 4) is 0 Å². The number of nitrogens with one attached hydrogen (secondary N) is 2. The second kappa shape index (κ2) is 8.49. The minimum absolute atomic E-state index is 0.130. The molecule has 6 heteroatoms. The van der Waals surface area contributed by atoms with Crippen LogP contribution in [-0.4, -0.2) is 20.2 Å². The Morgan fingerprint density at radius 2 is 1.55 bits per heavy atom. The van der Waals surface area contributed by atoms with E-state index in [2.05, 4.69) is 10.0 Å². The molecule has 0 saturated carbocycles. The average molecular weight is 409 g/mol. The van der Waals surface area contributed by atoms with E-state index in [1.54, 1.807) is 66.7 Å². The van der Waals surface area contributed by atoms with Crippen LogP contribution in [0.4, 0.5) is 11.4 Å². The lowest BCUT2D eigenvalue weighted by Crippen LogP contribution is -2.16. The Hall–Kier alpha value is -3.12. The molecule has 29 heavy (non-hydrogen) atoms. The fraction of sp³-hybridized carbons (Fsp3) is 0.174. The lowest BCUT2D eigenvalue weighted by atomic mass is 10.00. The molecular formula is C23H24N2O3S. The zero-order valence-electron chi connectivity index (χ0n) is 16.6. The van der Waals surface area contributed by atoms with Gasteiger partial charge in [-0.25, -0.2) is 8.42 Å². The van der Waals surface area contributed by atoms with Gasteiger partial charge in [-0.1, -0.05) is 42.0 Å². The summed E-state index contributed by atoms with van der Waals surface area (Å²) in [6.45, 7) is 5.88. The molecule has 0 spiro atoms. The van der Waals surface area contributed by atoms with Gasteiger partial charge in [0.2, 0.25) is 0 Å². The third-order valence-electron chi connectivity index (χ3n) is 4.32. The van der Waals surface area contributed by atoms with E-state index in [1.807, 2.05) is 26.8 Å². The van der Waals surface area contributed by atoms with Gasteiger partial charge in [-0.15, -0.1) is 0 Å². The third kappa shape index (κ3) is 5.03. The standard InChI is InChI=1S/C23H24N2O3S/c1-16(2)24-19-10-12-20(13-11-19)29(27,28)25-22-14-9-17(3)15-21(22)23(26)18-7-5-4-6-8-18/h4-16,24-25H,1-3H3. The minimum atomic E-state index is -3.84. The molecule has 0 aliphatic rings. The third-order valence-corrected chi connectivity index (χ3v) is 5.70. The second-order valence-corrected chi connectivity index (χ2v) is 8.86. The highest BCUT2D eigenvalue weighted by Gasteiger charge is 2.20. The van der Waals surface area contributed by atoms with Crippen LogP contribution in [-0.2, 0) is 10.0 Å². The van der Waals surface area contributed by atoms with E-state index < -0.39 is 10.0 Å². The molecule has 0 bridgehead atoms. The van der Waals surface area contributed by atoms with Crippen LogP contribution in [0.2, 0.25) is 0 Å². The van der Waals surface area contributed by atoms with E-state index in [0.29, 0.717) is 11.1 Å². The Kier molecular flexibility index (Phi) is 6.03. The van der Waals surface area contributed by atoms with E-state index in [4.69, 9.17) is 0 Å². The molecule has 5 nitrogen and oxygen atoms in total. The second-order valence-electron chi connectivity index (χ2n) is 7.17. The number of carbonyl (C=O) groups is 1. The van der Waals surface area contributed by atoms with E-state index in [9.17, 15) is 13.2 Å². The summed E-state index contributed by atoms with van der Waals surface area (Å²) >= 11 is 0. The minimum Gasteiger partial charge on any atom is -0.383 e. The van der Waals surface area contributed by atoms with Crippen molar-refractivity contribution in [3.63, 3.8) is 0 Å². The first-order valence-corrected chi connectivity index (χ1v) is 10.8. The van der Waals surface area contributed by atoms with E-state index in [1.165, 1.54) is 0 Å². The van der Waals surface area contributed by atoms with Crippen molar-refractivity contribution < 1.29 is 13.2 Å². The highest BCUT2D eigenvalue weighted by Crippen LogP contribution is 2.25. The molecule has 0 heterocycles. The number of rotatable bonds is 7. The van der Waals surface area contributed by atoms with Gasteiger partial charge in [0.25, 0.3) is 10.0 Å². The fourth-order valence-corrected chi connectivity index (χ4v) is 4.03. The number of hydrogen-bond acceptors (Lipinski definition) is 4. The summed E-state index contributed by atoms with van der Waals surface area (Å²) in [5.41, 5.74) is 2.79. The summed E-state index contributed by atoms with van der Waals surface area (Å²) in [7, 11) is -3.84. The zero-order chi connectivity index (χ0) is 21.0. The number of sulfonamides is 1. The van der Waals surface area contributed by atoms with Gasteiger partial charge >= 0.3 is 0 Å². The topological polar surface area (TPSA) is 75.3 Å². The molecule has 0 aliphatic carbocycles. The van der Waals surface area contributed by atoms with Gasteiger partial charge in [0.05, 0.1) is 10.6 Å². The Morgan fingerprint density at radius 3 is 2.17 bits per heavy atom. The number of benzene rings is 3. The van der Waals surface area contributed by atoms with Crippen LogP contribution >= 0.6 is 0 Å². The largest absolute Gasteiger partial charge is 0.383 e. The van der Waals surface area contributed by atoms with Crippen molar-refractivity contribution in [2.45, 2.75) is 31.7 Å². The van der Waals surface area contributed by atoms with Gasteiger partial charge in [-0.05, 0) is 57.2 Å². The van der Waals surface area contributed by atoms with Crippen molar-refractivity contribution in [1.82, 2.24) is 0 Å². The van der Waals surface area contributed by atoms with Gasteiger partial charge in [0.15, 0.2) is 5.78 Å². The molecule has 0 unspecified atom stereocenters. The predicted octanol–water partition coefficient (Wildman–Crippen LogP) is 4.85. The monoisotopic (exact) mass is 408 g/mol. The van der Waals surface area contributed by atoms with Gasteiger partial charge < -0.3 is 5.32 Å². The van der Waals surface area contributed by atoms with Gasteiger partial charge in [-0.3, -0.25) is 9.52 Å². The Bertz CT molecular complexity index is 1110. The lowest BCUT2D eigenvalue weighted by Gasteiger charge is -2.14. The van der Waals surface area contributed by atoms with Crippen molar-refractivity contribution in [1.29, 1.82) is 0 Å². The lowest BCUT2D eigenvalue weighted by molar-refractivity contribution is 0.103. The van der Waals surface area contributed by atoms with Crippen molar-refractivity contribution in [2.24, 2.45) is 0 Å². The van der Waals surface area contributed by atoms with Gasteiger partial charge in [-0.2, -0.15) is 0 Å². The zero-order valence-corrected chi connectivity index (χ0v) is 17.5. The molecule has 3 aromatic carbocycles. The summed E-state index contributed by atoms with van der Waals surface area (Å²) in [5.74, 6) is -0.233. The van der Waals surface area contributed by atoms with Crippen LogP contribution in [0.15, 0.2) is 77.7 Å². The smallest absolute Gasteiger partial charge is 0.261 e. The first kappa shape index (κ1) is 20.6. The Morgan fingerprint density at radius 1 is 0.897 bits per heavy atom. The molecule has 0 saturated heterocycles. The summed E-state index contributed by atoms with van der Waals surface area (Å²) in [4.78, 5) is 13.1. The van der Waals surface area contributed by atoms with Crippen LogP contribution in [0.1, 0.15) is 35.3 Å². The number of carbonyl (C=O) groups excluding carboxylic acids is 1. The van der Waals surface area contributed by atoms with Crippen LogP contribution in [0, 0.1) is 6.92 Å². The Labute approximate surface area is 171 Å². The molecule has 0 radical (unpaired) electrons. The van der Waals surface area contributed by atoms with Gasteiger partial charge in [0, 0.05) is 22.9 Å². The van der Waals surface area contributed by atoms with E-state index in [0.717, 1.165) is 11.3 Å². The van der Waals surface area contributed by atoms with Crippen molar-refractivity contribution in [3.05, 3.63) is 89.5 Å². The summed E-state index contributed by atoms with van der Waals surface area (Å²) in [6, 6.07) is 20.7. The average Bonchev–Trinajstić information content (AvgIpc) is 2.69. The normalized spacial score (nSPS) is 11.3. The van der Waals surface area contributed by atoms with Gasteiger partial charge in [0.1, 0.15) is 0 Å². The number of hydrogen-bond donors (Lipinski definition) is 2.